The van der Waals surface area contributed by atoms with Crippen molar-refractivity contribution in [2.24, 2.45) is 0 Å². The van der Waals surface area contributed by atoms with Crippen molar-refractivity contribution < 1.29 is 4.74 Å². The quantitative estimate of drug-likeness (QED) is 0.715. The molecule has 25 heavy (non-hydrogen) atoms. The first kappa shape index (κ1) is 16.6. The van der Waals surface area contributed by atoms with Crippen LogP contribution in [0.3, 0.4) is 0 Å². The Morgan fingerprint density at radius 2 is 1.48 bits per heavy atom. The first-order valence-electron chi connectivity index (χ1n) is 7.99. The number of rotatable bonds is 7. The third-order valence-electron chi connectivity index (χ3n) is 3.67. The molecule has 3 aromatic rings. The topological polar surface area (TPSA) is 70.8 Å². The van der Waals surface area contributed by atoms with Crippen LogP contribution in [0.2, 0.25) is 0 Å². The van der Waals surface area contributed by atoms with Gasteiger partial charge in [0, 0.05) is 18.9 Å². The van der Waals surface area contributed by atoms with E-state index in [9.17, 15) is 0 Å². The zero-order valence-corrected chi connectivity index (χ0v) is 13.7. The van der Waals surface area contributed by atoms with E-state index in [0.29, 0.717) is 31.3 Å². The van der Waals surface area contributed by atoms with Crippen LogP contribution in [0, 0.1) is 11.3 Å². The molecule has 0 spiro atoms. The monoisotopic (exact) mass is 330 g/mol. The van der Waals surface area contributed by atoms with E-state index in [2.05, 4.69) is 27.4 Å². The minimum atomic E-state index is 0.299. The molecule has 0 aliphatic carbocycles. The Balaban J connectivity index is 1.49. The van der Waals surface area contributed by atoms with E-state index in [1.54, 1.807) is 6.20 Å². The summed E-state index contributed by atoms with van der Waals surface area (Å²) in [6, 6.07) is 20.3. The number of hydrogen-bond acceptors (Lipinski definition) is 5. The second-order valence-corrected chi connectivity index (χ2v) is 5.51. The Morgan fingerprint density at radius 3 is 2.20 bits per heavy atom. The van der Waals surface area contributed by atoms with Crippen LogP contribution in [0.4, 0.5) is 5.82 Å². The van der Waals surface area contributed by atoms with Gasteiger partial charge in [-0.3, -0.25) is 0 Å². The SMILES string of the molecule is N#Cc1nccnc1NCc1ccc(COCc2ccccc2)cc1. The minimum Gasteiger partial charge on any atom is -0.372 e. The second kappa shape index (κ2) is 8.57. The van der Waals surface area contributed by atoms with Crippen molar-refractivity contribution in [2.75, 3.05) is 5.32 Å². The first-order chi connectivity index (χ1) is 12.3. The molecule has 124 valence electrons. The van der Waals surface area contributed by atoms with E-state index in [0.717, 1.165) is 11.1 Å². The van der Waals surface area contributed by atoms with E-state index in [-0.39, 0.29) is 0 Å². The number of nitrogens with one attached hydrogen (secondary N) is 1. The fourth-order valence-corrected chi connectivity index (χ4v) is 2.35. The molecule has 0 saturated carbocycles. The van der Waals surface area contributed by atoms with Crippen LogP contribution in [0.25, 0.3) is 0 Å². The van der Waals surface area contributed by atoms with Gasteiger partial charge in [0.05, 0.1) is 13.2 Å². The van der Waals surface area contributed by atoms with Gasteiger partial charge in [-0.05, 0) is 16.7 Å². The summed E-state index contributed by atoms with van der Waals surface area (Å²) in [6.45, 7) is 1.76. The van der Waals surface area contributed by atoms with Crippen molar-refractivity contribution in [1.82, 2.24) is 9.97 Å². The Kier molecular flexibility index (Phi) is 5.70. The van der Waals surface area contributed by atoms with Crippen molar-refractivity contribution in [2.45, 2.75) is 19.8 Å². The van der Waals surface area contributed by atoms with Crippen LogP contribution in [0.5, 0.6) is 0 Å². The molecule has 0 bridgehead atoms. The smallest absolute Gasteiger partial charge is 0.182 e. The lowest BCUT2D eigenvalue weighted by atomic mass is 10.1. The van der Waals surface area contributed by atoms with Crippen molar-refractivity contribution in [3.05, 3.63) is 89.4 Å². The molecule has 1 aromatic heterocycles. The lowest BCUT2D eigenvalue weighted by Crippen LogP contribution is -2.04. The number of nitrogens with zero attached hydrogens (tertiary/aromatic N) is 3. The van der Waals surface area contributed by atoms with Gasteiger partial charge in [-0.15, -0.1) is 0 Å². The van der Waals surface area contributed by atoms with E-state index >= 15 is 0 Å². The van der Waals surface area contributed by atoms with Crippen molar-refractivity contribution in [1.29, 1.82) is 5.26 Å². The highest BCUT2D eigenvalue weighted by Crippen LogP contribution is 2.11. The zero-order chi connectivity index (χ0) is 17.3. The lowest BCUT2D eigenvalue weighted by Gasteiger charge is -2.08. The van der Waals surface area contributed by atoms with Crippen molar-refractivity contribution >= 4 is 5.82 Å². The summed E-state index contributed by atoms with van der Waals surface area (Å²) in [5, 5.41) is 12.1. The first-order valence-corrected chi connectivity index (χ1v) is 7.99. The average Bonchev–Trinajstić information content (AvgIpc) is 2.68. The van der Waals surface area contributed by atoms with Crippen LogP contribution in [0.1, 0.15) is 22.4 Å². The van der Waals surface area contributed by atoms with Gasteiger partial charge >= 0.3 is 0 Å². The highest BCUT2D eigenvalue weighted by Gasteiger charge is 2.03. The molecule has 0 atom stereocenters. The van der Waals surface area contributed by atoms with Gasteiger partial charge < -0.3 is 10.1 Å². The molecule has 0 unspecified atom stereocenters. The van der Waals surface area contributed by atoms with Crippen LogP contribution >= 0.6 is 0 Å². The van der Waals surface area contributed by atoms with Crippen LogP contribution in [-0.4, -0.2) is 9.97 Å². The average molecular weight is 330 g/mol. The summed E-state index contributed by atoms with van der Waals surface area (Å²) < 4.78 is 5.74. The summed E-state index contributed by atoms with van der Waals surface area (Å²) in [5.74, 6) is 0.500. The normalized spacial score (nSPS) is 10.2. The maximum absolute atomic E-state index is 9.01. The predicted molar refractivity (Wildman–Crippen MR) is 95.5 cm³/mol. The summed E-state index contributed by atoms with van der Waals surface area (Å²) in [6.07, 6.45) is 3.07. The molecule has 0 saturated heterocycles. The summed E-state index contributed by atoms with van der Waals surface area (Å²) >= 11 is 0. The molecule has 0 amide bonds. The van der Waals surface area contributed by atoms with Crippen LogP contribution in [0.15, 0.2) is 67.0 Å². The summed E-state index contributed by atoms with van der Waals surface area (Å²) in [5.41, 5.74) is 3.69. The molecular formula is C20H18N4O. The highest BCUT2D eigenvalue weighted by molar-refractivity contribution is 5.47. The standard InChI is InChI=1S/C20H18N4O/c21-12-19-20(23-11-10-22-19)24-13-16-6-8-18(9-7-16)15-25-14-17-4-2-1-3-5-17/h1-11H,13-15H2,(H,23,24). The van der Waals surface area contributed by atoms with Crippen molar-refractivity contribution in [3.63, 3.8) is 0 Å². The maximum Gasteiger partial charge on any atom is 0.182 e. The maximum atomic E-state index is 9.01. The Morgan fingerprint density at radius 1 is 0.840 bits per heavy atom. The van der Waals surface area contributed by atoms with E-state index in [1.165, 1.54) is 11.8 Å². The number of ether oxygens (including phenoxy) is 1. The van der Waals surface area contributed by atoms with E-state index < -0.39 is 0 Å². The number of aromatic nitrogens is 2. The Bertz CT molecular complexity index is 842. The summed E-state index contributed by atoms with van der Waals surface area (Å²) in [7, 11) is 0. The molecule has 5 nitrogen and oxygen atoms in total. The highest BCUT2D eigenvalue weighted by atomic mass is 16.5. The molecular weight excluding hydrogens is 312 g/mol. The third kappa shape index (κ3) is 4.87. The predicted octanol–water partition coefficient (Wildman–Crippen LogP) is 3.68. The summed E-state index contributed by atoms with van der Waals surface area (Å²) in [4.78, 5) is 8.11. The lowest BCUT2D eigenvalue weighted by molar-refractivity contribution is 0.107. The minimum absolute atomic E-state index is 0.299. The molecule has 0 fully saturated rings. The molecule has 2 aromatic carbocycles. The number of benzene rings is 2. The zero-order valence-electron chi connectivity index (χ0n) is 13.7. The fraction of sp³-hybridized carbons (Fsp3) is 0.150. The largest absolute Gasteiger partial charge is 0.372 e. The molecule has 0 radical (unpaired) electrons. The van der Waals surface area contributed by atoms with Gasteiger partial charge in [-0.25, -0.2) is 9.97 Å². The molecule has 0 aliphatic heterocycles. The van der Waals surface area contributed by atoms with Crippen molar-refractivity contribution in [3.8, 4) is 6.07 Å². The Labute approximate surface area is 147 Å². The molecule has 0 aliphatic rings. The van der Waals surface area contributed by atoms with Gasteiger partial charge in [-0.1, -0.05) is 54.6 Å². The van der Waals surface area contributed by atoms with Gasteiger partial charge in [0.2, 0.25) is 0 Å². The number of anilines is 1. The fourth-order valence-electron chi connectivity index (χ4n) is 2.35. The molecule has 1 heterocycles. The number of hydrogen-bond donors (Lipinski definition) is 1. The van der Waals surface area contributed by atoms with Gasteiger partial charge in [0.25, 0.3) is 0 Å². The molecule has 3 rings (SSSR count). The van der Waals surface area contributed by atoms with Gasteiger partial charge in [0.15, 0.2) is 11.5 Å². The molecule has 5 heteroatoms. The Hall–Kier alpha value is -3.23. The van der Waals surface area contributed by atoms with Gasteiger partial charge in [-0.2, -0.15) is 5.26 Å². The third-order valence-corrected chi connectivity index (χ3v) is 3.67. The van der Waals surface area contributed by atoms with E-state index in [4.69, 9.17) is 10.00 Å². The second-order valence-electron chi connectivity index (χ2n) is 5.51. The van der Waals surface area contributed by atoms with Gasteiger partial charge in [0.1, 0.15) is 6.07 Å². The molecule has 1 N–H and O–H groups in total. The number of nitriles is 1. The van der Waals surface area contributed by atoms with Crippen LogP contribution < -0.4 is 5.32 Å². The van der Waals surface area contributed by atoms with E-state index in [1.807, 2.05) is 48.5 Å². The van der Waals surface area contributed by atoms with Crippen LogP contribution in [-0.2, 0) is 24.5 Å².